The van der Waals surface area contributed by atoms with Crippen LogP contribution in [0.3, 0.4) is 0 Å². The van der Waals surface area contributed by atoms with Crippen LogP contribution in [-0.4, -0.2) is 4.98 Å². The van der Waals surface area contributed by atoms with Crippen LogP contribution in [-0.2, 0) is 6.54 Å². The first-order valence-electron chi connectivity index (χ1n) is 5.28. The average molecular weight is 293 g/mol. The van der Waals surface area contributed by atoms with E-state index >= 15 is 0 Å². The van der Waals surface area contributed by atoms with Crippen LogP contribution in [0.25, 0.3) is 0 Å². The number of nitrogens with zero attached hydrogens (tertiary/aromatic N) is 1. The number of nitrogens with two attached hydrogens (primary N) is 1. The summed E-state index contributed by atoms with van der Waals surface area (Å²) in [6, 6.07) is 9.60. The average Bonchev–Trinajstić information content (AvgIpc) is 2.32. The Kier molecular flexibility index (Phi) is 3.76. The van der Waals surface area contributed by atoms with Crippen molar-refractivity contribution in [3.63, 3.8) is 0 Å². The van der Waals surface area contributed by atoms with E-state index in [9.17, 15) is 0 Å². The second-order valence-corrected chi connectivity index (χ2v) is 4.52. The van der Waals surface area contributed by atoms with Gasteiger partial charge in [-0.1, -0.05) is 12.1 Å². The van der Waals surface area contributed by atoms with Crippen molar-refractivity contribution in [2.75, 3.05) is 0 Å². The van der Waals surface area contributed by atoms with Gasteiger partial charge in [-0.25, -0.2) is 0 Å². The van der Waals surface area contributed by atoms with Gasteiger partial charge in [0.2, 0.25) is 0 Å². The molecule has 1 aromatic heterocycles. The van der Waals surface area contributed by atoms with Gasteiger partial charge >= 0.3 is 0 Å². The summed E-state index contributed by atoms with van der Waals surface area (Å²) in [5.41, 5.74) is 7.46. The predicted octanol–water partition coefficient (Wildman–Crippen LogP) is 3.40. The first kappa shape index (κ1) is 12.1. The van der Waals surface area contributed by atoms with Crippen molar-refractivity contribution in [2.24, 2.45) is 5.73 Å². The van der Waals surface area contributed by atoms with Crippen LogP contribution in [0.4, 0.5) is 0 Å². The van der Waals surface area contributed by atoms with E-state index in [1.165, 1.54) is 0 Å². The maximum atomic E-state index is 5.85. The fourth-order valence-electron chi connectivity index (χ4n) is 1.46. The van der Waals surface area contributed by atoms with Gasteiger partial charge in [0, 0.05) is 30.1 Å². The lowest BCUT2D eigenvalue weighted by Gasteiger charge is -2.11. The van der Waals surface area contributed by atoms with Crippen LogP contribution in [0.5, 0.6) is 11.5 Å². The number of ether oxygens (including phenoxy) is 1. The first-order valence-corrected chi connectivity index (χ1v) is 6.08. The standard InChI is InChI=1S/C13H13BrN2O/c1-9-6-13(10(7-15)8-16-9)17-12-5-3-2-4-11(12)14/h2-6,8H,7,15H2,1H3. The van der Waals surface area contributed by atoms with E-state index in [1.54, 1.807) is 6.20 Å². The molecule has 0 aliphatic heterocycles. The lowest BCUT2D eigenvalue weighted by Crippen LogP contribution is -2.01. The van der Waals surface area contributed by atoms with E-state index in [4.69, 9.17) is 10.5 Å². The van der Waals surface area contributed by atoms with Crippen molar-refractivity contribution in [1.29, 1.82) is 0 Å². The van der Waals surface area contributed by atoms with E-state index in [0.717, 1.165) is 27.2 Å². The SMILES string of the molecule is Cc1cc(Oc2ccccc2Br)c(CN)cn1. The van der Waals surface area contributed by atoms with Crippen LogP contribution in [0.15, 0.2) is 41.0 Å². The van der Waals surface area contributed by atoms with Crippen LogP contribution in [0.2, 0.25) is 0 Å². The molecular weight excluding hydrogens is 280 g/mol. The summed E-state index contributed by atoms with van der Waals surface area (Å²) >= 11 is 3.45. The number of hydrogen-bond acceptors (Lipinski definition) is 3. The van der Waals surface area contributed by atoms with E-state index in [1.807, 2.05) is 37.3 Å². The Labute approximate surface area is 109 Å². The topological polar surface area (TPSA) is 48.1 Å². The molecule has 0 saturated heterocycles. The van der Waals surface area contributed by atoms with Gasteiger partial charge in [0.1, 0.15) is 11.5 Å². The molecule has 17 heavy (non-hydrogen) atoms. The third kappa shape index (κ3) is 2.84. The number of rotatable bonds is 3. The largest absolute Gasteiger partial charge is 0.456 e. The van der Waals surface area contributed by atoms with Gasteiger partial charge in [0.25, 0.3) is 0 Å². The van der Waals surface area contributed by atoms with Crippen LogP contribution in [0.1, 0.15) is 11.3 Å². The zero-order valence-corrected chi connectivity index (χ0v) is 11.1. The molecule has 88 valence electrons. The van der Waals surface area contributed by atoms with E-state index < -0.39 is 0 Å². The molecule has 4 heteroatoms. The Morgan fingerprint density at radius 1 is 1.29 bits per heavy atom. The molecule has 2 aromatic rings. The van der Waals surface area contributed by atoms with Gasteiger partial charge in [0.05, 0.1) is 4.47 Å². The minimum absolute atomic E-state index is 0.410. The van der Waals surface area contributed by atoms with E-state index in [0.29, 0.717) is 6.54 Å². The molecule has 0 unspecified atom stereocenters. The van der Waals surface area contributed by atoms with Crippen LogP contribution >= 0.6 is 15.9 Å². The maximum Gasteiger partial charge on any atom is 0.141 e. The maximum absolute atomic E-state index is 5.85. The Morgan fingerprint density at radius 3 is 2.76 bits per heavy atom. The first-order chi connectivity index (χ1) is 8.20. The summed E-state index contributed by atoms with van der Waals surface area (Å²) in [6.07, 6.45) is 1.75. The zero-order valence-electron chi connectivity index (χ0n) is 9.48. The molecule has 1 heterocycles. The van der Waals surface area contributed by atoms with E-state index in [2.05, 4.69) is 20.9 Å². The Morgan fingerprint density at radius 2 is 2.06 bits per heavy atom. The molecule has 2 rings (SSSR count). The highest BCUT2D eigenvalue weighted by Gasteiger charge is 2.07. The summed E-state index contributed by atoms with van der Waals surface area (Å²) < 4.78 is 6.76. The molecule has 0 atom stereocenters. The third-order valence-corrected chi connectivity index (χ3v) is 3.01. The second kappa shape index (κ2) is 5.29. The van der Waals surface area contributed by atoms with Crippen molar-refractivity contribution in [1.82, 2.24) is 4.98 Å². The zero-order chi connectivity index (χ0) is 12.3. The highest BCUT2D eigenvalue weighted by Crippen LogP contribution is 2.31. The lowest BCUT2D eigenvalue weighted by molar-refractivity contribution is 0.472. The smallest absolute Gasteiger partial charge is 0.141 e. The van der Waals surface area contributed by atoms with Gasteiger partial charge < -0.3 is 10.5 Å². The molecule has 0 spiro atoms. The Balaban J connectivity index is 2.35. The number of benzene rings is 1. The van der Waals surface area contributed by atoms with Crippen molar-refractivity contribution in [3.05, 3.63) is 52.3 Å². The number of halogens is 1. The van der Waals surface area contributed by atoms with Gasteiger partial charge in [-0.2, -0.15) is 0 Å². The Bertz CT molecular complexity index is 529. The summed E-state index contributed by atoms with van der Waals surface area (Å²) in [4.78, 5) is 4.20. The van der Waals surface area contributed by atoms with Crippen molar-refractivity contribution in [2.45, 2.75) is 13.5 Å². The van der Waals surface area contributed by atoms with Gasteiger partial charge in [-0.3, -0.25) is 4.98 Å². The fraction of sp³-hybridized carbons (Fsp3) is 0.154. The number of aryl methyl sites for hydroxylation is 1. The molecular formula is C13H13BrN2O. The fourth-order valence-corrected chi connectivity index (χ4v) is 1.82. The second-order valence-electron chi connectivity index (χ2n) is 3.67. The summed E-state index contributed by atoms with van der Waals surface area (Å²) in [7, 11) is 0. The molecule has 0 saturated carbocycles. The molecule has 0 radical (unpaired) electrons. The van der Waals surface area contributed by atoms with Gasteiger partial charge in [-0.05, 0) is 35.0 Å². The molecule has 3 nitrogen and oxygen atoms in total. The molecule has 0 aliphatic rings. The predicted molar refractivity (Wildman–Crippen MR) is 71.1 cm³/mol. The summed E-state index contributed by atoms with van der Waals surface area (Å²) in [6.45, 7) is 2.33. The number of aromatic nitrogens is 1. The highest BCUT2D eigenvalue weighted by atomic mass is 79.9. The number of hydrogen-bond donors (Lipinski definition) is 1. The molecule has 0 aliphatic carbocycles. The monoisotopic (exact) mass is 292 g/mol. The van der Waals surface area contributed by atoms with E-state index in [-0.39, 0.29) is 0 Å². The summed E-state index contributed by atoms with van der Waals surface area (Å²) in [5, 5.41) is 0. The molecule has 0 fully saturated rings. The van der Waals surface area contributed by atoms with Crippen molar-refractivity contribution in [3.8, 4) is 11.5 Å². The highest BCUT2D eigenvalue weighted by molar-refractivity contribution is 9.10. The minimum atomic E-state index is 0.410. The van der Waals surface area contributed by atoms with Gasteiger partial charge in [0.15, 0.2) is 0 Å². The van der Waals surface area contributed by atoms with Crippen LogP contribution in [0, 0.1) is 6.92 Å². The molecule has 2 N–H and O–H groups in total. The molecule has 0 amide bonds. The Hall–Kier alpha value is -1.39. The number of pyridine rings is 1. The van der Waals surface area contributed by atoms with Crippen LogP contribution < -0.4 is 10.5 Å². The molecule has 0 bridgehead atoms. The lowest BCUT2D eigenvalue weighted by atomic mass is 10.2. The van der Waals surface area contributed by atoms with Crippen molar-refractivity contribution < 1.29 is 4.74 Å². The third-order valence-electron chi connectivity index (χ3n) is 2.36. The van der Waals surface area contributed by atoms with Crippen molar-refractivity contribution >= 4 is 15.9 Å². The normalized spacial score (nSPS) is 10.3. The quantitative estimate of drug-likeness (QED) is 0.943. The minimum Gasteiger partial charge on any atom is -0.456 e. The van der Waals surface area contributed by atoms with Gasteiger partial charge in [-0.15, -0.1) is 0 Å². The molecule has 1 aromatic carbocycles. The number of para-hydroxylation sites is 1. The summed E-state index contributed by atoms with van der Waals surface area (Å²) in [5.74, 6) is 1.53.